The molecule has 0 aliphatic carbocycles. The van der Waals surface area contributed by atoms with E-state index in [1.807, 2.05) is 0 Å². The zero-order valence-electron chi connectivity index (χ0n) is 13.4. The van der Waals surface area contributed by atoms with Gasteiger partial charge in [-0.25, -0.2) is 0 Å². The lowest BCUT2D eigenvalue weighted by Crippen LogP contribution is -2.49. The van der Waals surface area contributed by atoms with Gasteiger partial charge in [0.05, 0.1) is 36.0 Å². The zero-order valence-corrected chi connectivity index (χ0v) is 13.4. The molecule has 0 spiro atoms. The number of nitriles is 1. The van der Waals surface area contributed by atoms with E-state index in [1.165, 1.54) is 6.07 Å². The molecular formula is C16H20F3N3O2. The Bertz CT molecular complexity index is 606. The van der Waals surface area contributed by atoms with Crippen molar-refractivity contribution in [2.75, 3.05) is 44.7 Å². The fourth-order valence-corrected chi connectivity index (χ4v) is 2.58. The minimum atomic E-state index is -4.56. The first-order valence-corrected chi connectivity index (χ1v) is 7.59. The number of aliphatic hydroxyl groups is 1. The van der Waals surface area contributed by atoms with Crippen molar-refractivity contribution in [3.8, 4) is 6.07 Å². The number of β-amino-alcohol motifs (C(OH)–C–C–N with tert-alkyl or cyclic N) is 1. The Morgan fingerprint density at radius 3 is 2.58 bits per heavy atom. The molecule has 1 fully saturated rings. The third-order valence-corrected chi connectivity index (χ3v) is 3.79. The highest BCUT2D eigenvalue weighted by molar-refractivity contribution is 5.53. The highest BCUT2D eigenvalue weighted by Gasteiger charge is 2.33. The summed E-state index contributed by atoms with van der Waals surface area (Å²) in [5.74, 6) is 0. The Balaban J connectivity index is 1.99. The summed E-state index contributed by atoms with van der Waals surface area (Å²) in [5.41, 5.74) is -2.11. The molecule has 1 aromatic carbocycles. The third-order valence-electron chi connectivity index (χ3n) is 3.79. The van der Waals surface area contributed by atoms with E-state index in [9.17, 15) is 18.3 Å². The zero-order chi connectivity index (χ0) is 17.8. The number of hydrogen-bond donors (Lipinski definition) is 2. The van der Waals surface area contributed by atoms with Crippen molar-refractivity contribution in [2.45, 2.75) is 18.7 Å². The largest absolute Gasteiger partial charge is 0.417 e. The van der Waals surface area contributed by atoms with Crippen LogP contribution in [0.2, 0.25) is 0 Å². The first kappa shape index (κ1) is 18.5. The van der Waals surface area contributed by atoms with Gasteiger partial charge in [-0.15, -0.1) is 0 Å². The Hall–Kier alpha value is -1.82. The molecule has 0 saturated carbocycles. The molecule has 1 atom stereocenters. The van der Waals surface area contributed by atoms with Crippen LogP contribution in [-0.2, 0) is 10.9 Å². The summed E-state index contributed by atoms with van der Waals surface area (Å²) in [6.07, 6.45) is -4.56. The van der Waals surface area contributed by atoms with E-state index in [0.29, 0.717) is 25.4 Å². The van der Waals surface area contributed by atoms with Crippen LogP contribution in [-0.4, -0.2) is 55.0 Å². The van der Waals surface area contributed by atoms with Gasteiger partial charge in [0.2, 0.25) is 0 Å². The van der Waals surface area contributed by atoms with Crippen molar-refractivity contribution in [3.63, 3.8) is 0 Å². The summed E-state index contributed by atoms with van der Waals surface area (Å²) >= 11 is 0. The maximum Gasteiger partial charge on any atom is 0.417 e. The van der Waals surface area contributed by atoms with Crippen LogP contribution in [0.3, 0.4) is 0 Å². The lowest BCUT2D eigenvalue weighted by molar-refractivity contribution is -0.137. The summed E-state index contributed by atoms with van der Waals surface area (Å²) < 4.78 is 43.6. The van der Waals surface area contributed by atoms with Crippen molar-refractivity contribution in [2.24, 2.45) is 0 Å². The van der Waals surface area contributed by atoms with E-state index in [-0.39, 0.29) is 6.54 Å². The standard InChI is InChI=1S/C16H20F3N3O2/c1-15(23,11-22-4-6-24-7-5-22)10-21-13-2-3-14(16(17,18)19)12(8-13)9-20/h2-3,8,21,23H,4-7,10-11H2,1H3/t15-/m0/s1. The molecule has 132 valence electrons. The van der Waals surface area contributed by atoms with E-state index >= 15 is 0 Å². The number of nitrogens with one attached hydrogen (secondary N) is 1. The van der Waals surface area contributed by atoms with Crippen molar-refractivity contribution >= 4 is 5.69 Å². The summed E-state index contributed by atoms with van der Waals surface area (Å²) in [6.45, 7) is 4.94. The molecule has 1 saturated heterocycles. The van der Waals surface area contributed by atoms with Gasteiger partial charge in [-0.2, -0.15) is 18.4 Å². The number of ether oxygens (including phenoxy) is 1. The number of nitrogens with zero attached hydrogens (tertiary/aromatic N) is 2. The quantitative estimate of drug-likeness (QED) is 0.857. The first-order valence-electron chi connectivity index (χ1n) is 7.59. The molecule has 1 aliphatic rings. The van der Waals surface area contributed by atoms with Crippen molar-refractivity contribution < 1.29 is 23.0 Å². The third kappa shape index (κ3) is 5.09. The molecule has 0 aromatic heterocycles. The number of halogens is 3. The summed E-state index contributed by atoms with van der Waals surface area (Å²) in [6, 6.07) is 4.84. The van der Waals surface area contributed by atoms with Crippen molar-refractivity contribution in [1.82, 2.24) is 4.90 Å². The van der Waals surface area contributed by atoms with E-state index in [4.69, 9.17) is 10.00 Å². The molecule has 0 amide bonds. The number of benzene rings is 1. The number of hydrogen-bond acceptors (Lipinski definition) is 5. The highest BCUT2D eigenvalue weighted by atomic mass is 19.4. The van der Waals surface area contributed by atoms with E-state index in [1.54, 1.807) is 13.0 Å². The fourth-order valence-electron chi connectivity index (χ4n) is 2.58. The molecule has 1 aromatic rings. The minimum Gasteiger partial charge on any atom is -0.387 e. The molecule has 2 N–H and O–H groups in total. The summed E-state index contributed by atoms with van der Waals surface area (Å²) in [7, 11) is 0. The normalized spacial score (nSPS) is 18.7. The number of rotatable bonds is 5. The Morgan fingerprint density at radius 1 is 1.33 bits per heavy atom. The van der Waals surface area contributed by atoms with E-state index in [2.05, 4.69) is 10.2 Å². The van der Waals surface area contributed by atoms with Crippen LogP contribution in [0.4, 0.5) is 18.9 Å². The van der Waals surface area contributed by atoms with Gasteiger partial charge >= 0.3 is 6.18 Å². The van der Waals surface area contributed by atoms with Gasteiger partial charge in [0, 0.05) is 31.9 Å². The number of morpholine rings is 1. The second kappa shape index (κ2) is 7.38. The molecule has 0 radical (unpaired) electrons. The van der Waals surface area contributed by atoms with E-state index in [0.717, 1.165) is 25.2 Å². The second-order valence-electron chi connectivity index (χ2n) is 6.11. The molecule has 0 bridgehead atoms. The predicted molar refractivity (Wildman–Crippen MR) is 82.5 cm³/mol. The molecule has 2 rings (SSSR count). The van der Waals surface area contributed by atoms with E-state index < -0.39 is 22.9 Å². The smallest absolute Gasteiger partial charge is 0.387 e. The van der Waals surface area contributed by atoms with Gasteiger partial charge in [-0.1, -0.05) is 0 Å². The number of alkyl halides is 3. The van der Waals surface area contributed by atoms with Gasteiger partial charge in [0.25, 0.3) is 0 Å². The van der Waals surface area contributed by atoms with Crippen molar-refractivity contribution in [1.29, 1.82) is 5.26 Å². The summed E-state index contributed by atoms with van der Waals surface area (Å²) in [4.78, 5) is 2.07. The van der Waals surface area contributed by atoms with Crippen LogP contribution in [0.15, 0.2) is 18.2 Å². The average molecular weight is 343 g/mol. The van der Waals surface area contributed by atoms with Crippen LogP contribution in [0.25, 0.3) is 0 Å². The first-order chi connectivity index (χ1) is 11.2. The molecule has 1 aliphatic heterocycles. The van der Waals surface area contributed by atoms with Gasteiger partial charge in [0.1, 0.15) is 0 Å². The summed E-state index contributed by atoms with van der Waals surface area (Å²) in [5, 5.41) is 22.3. The van der Waals surface area contributed by atoms with Crippen LogP contribution in [0.5, 0.6) is 0 Å². The molecule has 5 nitrogen and oxygen atoms in total. The molecule has 8 heteroatoms. The molecule has 1 heterocycles. The number of anilines is 1. The maximum absolute atomic E-state index is 12.8. The SMILES string of the molecule is C[C@](O)(CNc1ccc(C(F)(F)F)c(C#N)c1)CN1CCOCC1. The topological polar surface area (TPSA) is 68.5 Å². The van der Waals surface area contributed by atoms with Gasteiger partial charge < -0.3 is 15.2 Å². The van der Waals surface area contributed by atoms with Crippen LogP contribution >= 0.6 is 0 Å². The lowest BCUT2D eigenvalue weighted by Gasteiger charge is -2.34. The Kier molecular flexibility index (Phi) is 5.70. The highest BCUT2D eigenvalue weighted by Crippen LogP contribution is 2.33. The Morgan fingerprint density at radius 2 is 2.00 bits per heavy atom. The van der Waals surface area contributed by atoms with Gasteiger partial charge in [-0.05, 0) is 25.1 Å². The maximum atomic E-state index is 12.8. The molecular weight excluding hydrogens is 323 g/mol. The lowest BCUT2D eigenvalue weighted by atomic mass is 10.0. The molecule has 24 heavy (non-hydrogen) atoms. The van der Waals surface area contributed by atoms with Crippen LogP contribution in [0, 0.1) is 11.3 Å². The predicted octanol–water partition coefficient (Wildman–Crippen LogP) is 2.07. The van der Waals surface area contributed by atoms with Crippen molar-refractivity contribution in [3.05, 3.63) is 29.3 Å². The molecule has 0 unspecified atom stereocenters. The Labute approximate surface area is 138 Å². The van der Waals surface area contributed by atoms with Crippen LogP contribution in [0.1, 0.15) is 18.1 Å². The monoisotopic (exact) mass is 343 g/mol. The average Bonchev–Trinajstić information content (AvgIpc) is 2.52. The minimum absolute atomic E-state index is 0.153. The fraction of sp³-hybridized carbons (Fsp3) is 0.562. The van der Waals surface area contributed by atoms with Crippen LogP contribution < -0.4 is 5.32 Å². The van der Waals surface area contributed by atoms with Gasteiger partial charge in [-0.3, -0.25) is 4.90 Å². The van der Waals surface area contributed by atoms with Gasteiger partial charge in [0.15, 0.2) is 0 Å². The second-order valence-corrected chi connectivity index (χ2v) is 6.11.